The Labute approximate surface area is 272 Å². The summed E-state index contributed by atoms with van der Waals surface area (Å²) in [4.78, 5) is 40.4. The number of aliphatic hydroxyl groups is 1. The van der Waals surface area contributed by atoms with Crippen molar-refractivity contribution in [3.05, 3.63) is 133 Å². The Morgan fingerprint density at radius 2 is 1.33 bits per heavy atom. The lowest BCUT2D eigenvalue weighted by atomic mass is 9.95. The van der Waals surface area contributed by atoms with Crippen molar-refractivity contribution >= 4 is 17.8 Å². The molecule has 0 bridgehead atoms. The molecule has 3 aromatic carbocycles. The Morgan fingerprint density at radius 3 is 1.87 bits per heavy atom. The summed E-state index contributed by atoms with van der Waals surface area (Å²) in [5.41, 5.74) is 2.67. The fraction of sp³-hybridized carbons (Fsp3) is 0.342. The number of carbonyl (C=O) groups excluding carboxylic acids is 3. The van der Waals surface area contributed by atoms with Crippen LogP contribution in [0.5, 0.6) is 0 Å². The summed E-state index contributed by atoms with van der Waals surface area (Å²) in [6.07, 6.45) is 3.92. The molecule has 8 nitrogen and oxygen atoms in total. The number of methoxy groups -OCH3 is 1. The number of amides is 2. The lowest BCUT2D eigenvalue weighted by Gasteiger charge is -2.30. The summed E-state index contributed by atoms with van der Waals surface area (Å²) in [5, 5.41) is 15.7. The van der Waals surface area contributed by atoms with Gasteiger partial charge in [0.05, 0.1) is 37.1 Å². The fourth-order valence-electron chi connectivity index (χ4n) is 5.35. The highest BCUT2D eigenvalue weighted by atomic mass is 16.5. The average molecular weight is 627 g/mol. The maximum atomic E-state index is 13.7. The third-order valence-corrected chi connectivity index (χ3v) is 7.68. The minimum Gasteiger partial charge on any atom is -0.455 e. The number of carbonyl (C=O) groups is 3. The van der Waals surface area contributed by atoms with Crippen LogP contribution in [0.25, 0.3) is 0 Å². The molecule has 3 aromatic rings. The van der Waals surface area contributed by atoms with Crippen LogP contribution in [0.3, 0.4) is 0 Å². The summed E-state index contributed by atoms with van der Waals surface area (Å²) >= 11 is 0. The van der Waals surface area contributed by atoms with Crippen molar-refractivity contribution in [2.45, 2.75) is 50.3 Å². The zero-order valence-electron chi connectivity index (χ0n) is 26.6. The van der Waals surface area contributed by atoms with Gasteiger partial charge in [-0.2, -0.15) is 0 Å². The maximum Gasteiger partial charge on any atom is 0.310 e. The van der Waals surface area contributed by atoms with E-state index in [1.165, 1.54) is 7.11 Å². The largest absolute Gasteiger partial charge is 0.455 e. The number of esters is 1. The van der Waals surface area contributed by atoms with Crippen molar-refractivity contribution in [2.75, 3.05) is 20.3 Å². The van der Waals surface area contributed by atoms with Crippen molar-refractivity contribution in [1.82, 2.24) is 10.6 Å². The standard InChI is InChI=1S/C38H46N2O6/c1-4-15-31(25-35(42)39-33(26-41)24-29-19-11-7-12-20-29)37(43)40-34(27-45-3)36(30-21-13-8-14-22-30)46-38(44)32(16-5-2)23-28-17-9-6-10-18-28/h4-14,17-22,31-34,36,41H,1-2,15-16,23-27H2,3H3,(H,39,42)(H,40,43)/t31-,32-,33-,34-,36-/m0/s1. The molecule has 0 unspecified atom stereocenters. The number of benzene rings is 3. The van der Waals surface area contributed by atoms with Gasteiger partial charge in [-0.25, -0.2) is 0 Å². The molecule has 5 atom stereocenters. The van der Waals surface area contributed by atoms with Gasteiger partial charge in [-0.05, 0) is 42.4 Å². The quantitative estimate of drug-likeness (QED) is 0.118. The van der Waals surface area contributed by atoms with Gasteiger partial charge in [0.1, 0.15) is 6.10 Å². The highest BCUT2D eigenvalue weighted by Gasteiger charge is 2.33. The Kier molecular flexibility index (Phi) is 15.4. The third-order valence-electron chi connectivity index (χ3n) is 7.68. The van der Waals surface area contributed by atoms with E-state index < -0.39 is 41.9 Å². The van der Waals surface area contributed by atoms with Crippen LogP contribution in [0.15, 0.2) is 116 Å². The number of allylic oxidation sites excluding steroid dienone is 2. The summed E-state index contributed by atoms with van der Waals surface area (Å²) in [6.45, 7) is 7.42. The van der Waals surface area contributed by atoms with Crippen LogP contribution in [-0.4, -0.2) is 55.3 Å². The van der Waals surface area contributed by atoms with Gasteiger partial charge in [-0.1, -0.05) is 103 Å². The van der Waals surface area contributed by atoms with Gasteiger partial charge in [0, 0.05) is 13.5 Å². The van der Waals surface area contributed by atoms with Gasteiger partial charge in [0.2, 0.25) is 11.8 Å². The third kappa shape index (κ3) is 11.8. The lowest BCUT2D eigenvalue weighted by molar-refractivity contribution is -0.158. The van der Waals surface area contributed by atoms with Crippen molar-refractivity contribution in [3.63, 3.8) is 0 Å². The average Bonchev–Trinajstić information content (AvgIpc) is 3.07. The highest BCUT2D eigenvalue weighted by Crippen LogP contribution is 2.26. The van der Waals surface area contributed by atoms with Gasteiger partial charge in [0.25, 0.3) is 0 Å². The molecule has 0 aromatic heterocycles. The number of aliphatic hydroxyl groups excluding tert-OH is 1. The molecular weight excluding hydrogens is 580 g/mol. The molecule has 46 heavy (non-hydrogen) atoms. The molecule has 8 heteroatoms. The first-order valence-electron chi connectivity index (χ1n) is 15.6. The first-order valence-corrected chi connectivity index (χ1v) is 15.6. The Hall–Kier alpha value is -4.53. The molecule has 2 amide bonds. The van der Waals surface area contributed by atoms with E-state index in [2.05, 4.69) is 23.8 Å². The Morgan fingerprint density at radius 1 is 0.783 bits per heavy atom. The number of hydrogen-bond acceptors (Lipinski definition) is 6. The predicted molar refractivity (Wildman–Crippen MR) is 180 cm³/mol. The van der Waals surface area contributed by atoms with Gasteiger partial charge in [0.15, 0.2) is 0 Å². The fourth-order valence-corrected chi connectivity index (χ4v) is 5.35. The summed E-state index contributed by atoms with van der Waals surface area (Å²) < 4.78 is 11.7. The smallest absolute Gasteiger partial charge is 0.310 e. The van der Waals surface area contributed by atoms with Gasteiger partial charge < -0.3 is 25.2 Å². The second-order valence-corrected chi connectivity index (χ2v) is 11.3. The molecule has 0 aliphatic rings. The van der Waals surface area contributed by atoms with Crippen LogP contribution < -0.4 is 10.6 Å². The SMILES string of the molecule is C=CC[C@@H](CC(=O)N[C@H](CO)Cc1ccccc1)C(=O)N[C@@H](COC)[C@@H](OC(=O)[C@@H](CC=C)Cc1ccccc1)c1ccccc1. The molecule has 0 aliphatic carbocycles. The topological polar surface area (TPSA) is 114 Å². The molecule has 0 aliphatic heterocycles. The second-order valence-electron chi connectivity index (χ2n) is 11.3. The zero-order valence-corrected chi connectivity index (χ0v) is 26.6. The van der Waals surface area contributed by atoms with Crippen LogP contribution in [-0.2, 0) is 36.7 Å². The molecule has 3 N–H and O–H groups in total. The highest BCUT2D eigenvalue weighted by molar-refractivity contribution is 5.86. The number of ether oxygens (including phenoxy) is 2. The Bertz CT molecular complexity index is 1370. The molecule has 244 valence electrons. The van der Waals surface area contributed by atoms with Gasteiger partial charge in [-0.3, -0.25) is 14.4 Å². The number of rotatable bonds is 20. The van der Waals surface area contributed by atoms with E-state index >= 15 is 0 Å². The lowest BCUT2D eigenvalue weighted by Crippen LogP contribution is -2.47. The van der Waals surface area contributed by atoms with Crippen molar-refractivity contribution in [3.8, 4) is 0 Å². The van der Waals surface area contributed by atoms with E-state index in [0.717, 1.165) is 11.1 Å². The maximum absolute atomic E-state index is 13.7. The summed E-state index contributed by atoms with van der Waals surface area (Å²) in [5.74, 6) is -2.39. The molecular formula is C38H46N2O6. The number of hydrogen-bond donors (Lipinski definition) is 3. The van der Waals surface area contributed by atoms with Gasteiger partial charge in [-0.15, -0.1) is 13.2 Å². The van der Waals surface area contributed by atoms with E-state index in [1.807, 2.05) is 91.0 Å². The van der Waals surface area contributed by atoms with E-state index in [-0.39, 0.29) is 32.0 Å². The van der Waals surface area contributed by atoms with Crippen LogP contribution in [0.1, 0.15) is 42.1 Å². The van der Waals surface area contributed by atoms with Crippen LogP contribution in [0, 0.1) is 11.8 Å². The first-order chi connectivity index (χ1) is 22.4. The normalized spacial score (nSPS) is 14.1. The molecule has 3 rings (SSSR count). The summed E-state index contributed by atoms with van der Waals surface area (Å²) in [7, 11) is 1.51. The predicted octanol–water partition coefficient (Wildman–Crippen LogP) is 5.14. The van der Waals surface area contributed by atoms with Crippen LogP contribution in [0.2, 0.25) is 0 Å². The van der Waals surface area contributed by atoms with E-state index in [4.69, 9.17) is 9.47 Å². The first kappa shape index (κ1) is 35.9. The summed E-state index contributed by atoms with van der Waals surface area (Å²) in [6, 6.07) is 27.2. The molecule has 0 saturated heterocycles. The molecule has 0 spiro atoms. The molecule has 0 saturated carbocycles. The number of nitrogens with one attached hydrogen (secondary N) is 2. The Balaban J connectivity index is 1.77. The minimum atomic E-state index is -0.858. The minimum absolute atomic E-state index is 0.0556. The monoisotopic (exact) mass is 626 g/mol. The van der Waals surface area contributed by atoms with Crippen molar-refractivity contribution in [2.24, 2.45) is 11.8 Å². The van der Waals surface area contributed by atoms with Crippen molar-refractivity contribution < 1.29 is 29.0 Å². The van der Waals surface area contributed by atoms with Crippen molar-refractivity contribution in [1.29, 1.82) is 0 Å². The van der Waals surface area contributed by atoms with E-state index in [1.54, 1.807) is 12.2 Å². The van der Waals surface area contributed by atoms with Crippen LogP contribution >= 0.6 is 0 Å². The van der Waals surface area contributed by atoms with E-state index in [0.29, 0.717) is 24.8 Å². The molecule has 0 heterocycles. The molecule has 0 radical (unpaired) electrons. The van der Waals surface area contributed by atoms with Gasteiger partial charge >= 0.3 is 5.97 Å². The zero-order chi connectivity index (χ0) is 33.1. The van der Waals surface area contributed by atoms with E-state index in [9.17, 15) is 19.5 Å². The molecule has 0 fully saturated rings. The van der Waals surface area contributed by atoms with Crippen LogP contribution in [0.4, 0.5) is 0 Å². The second kappa shape index (κ2) is 19.8.